The van der Waals surface area contributed by atoms with Crippen LogP contribution in [-0.2, 0) is 11.2 Å². The summed E-state index contributed by atoms with van der Waals surface area (Å²) in [6.07, 6.45) is 0.366. The van der Waals surface area contributed by atoms with E-state index in [1.54, 1.807) is 24.1 Å². The molecule has 0 fully saturated rings. The molecule has 1 atom stereocenters. The van der Waals surface area contributed by atoms with Gasteiger partial charge in [-0.25, -0.2) is 0 Å². The Balaban J connectivity index is 2.50. The van der Waals surface area contributed by atoms with Crippen molar-refractivity contribution < 1.29 is 9.90 Å². The zero-order valence-electron chi connectivity index (χ0n) is 11.3. The van der Waals surface area contributed by atoms with Crippen LogP contribution in [0.1, 0.15) is 12.5 Å². The van der Waals surface area contributed by atoms with E-state index >= 15 is 0 Å². The van der Waals surface area contributed by atoms with Gasteiger partial charge in [-0.2, -0.15) is 5.26 Å². The molecule has 0 heterocycles. The first-order chi connectivity index (χ1) is 9.06. The molecule has 1 rings (SSSR count). The number of amides is 1. The number of hydrogen-bond donors (Lipinski definition) is 2. The number of benzene rings is 1. The fraction of sp³-hybridized carbons (Fsp3) is 0.429. The second kappa shape index (κ2) is 7.52. The summed E-state index contributed by atoms with van der Waals surface area (Å²) in [4.78, 5) is 13.5. The standard InChI is InChI=1S/C14H19N3O2/c1-11(10-18)17(2)9-14(19)16-13-5-3-12(4-6-13)7-8-15/h3-6,11,18H,7,9-10H2,1-2H3,(H,16,19). The zero-order valence-corrected chi connectivity index (χ0v) is 11.3. The van der Waals surface area contributed by atoms with E-state index < -0.39 is 0 Å². The maximum atomic E-state index is 11.8. The largest absolute Gasteiger partial charge is 0.395 e. The Morgan fingerprint density at radius 3 is 2.63 bits per heavy atom. The maximum absolute atomic E-state index is 11.8. The maximum Gasteiger partial charge on any atom is 0.238 e. The topological polar surface area (TPSA) is 76.4 Å². The molecule has 0 aromatic heterocycles. The number of carbonyl (C=O) groups excluding carboxylic acids is 1. The molecule has 0 spiro atoms. The van der Waals surface area contributed by atoms with Crippen LogP contribution in [0.5, 0.6) is 0 Å². The molecule has 0 saturated heterocycles. The highest BCUT2D eigenvalue weighted by Crippen LogP contribution is 2.10. The smallest absolute Gasteiger partial charge is 0.238 e. The zero-order chi connectivity index (χ0) is 14.3. The van der Waals surface area contributed by atoms with Gasteiger partial charge in [0.15, 0.2) is 0 Å². The summed E-state index contributed by atoms with van der Waals surface area (Å²) in [5.41, 5.74) is 1.63. The van der Waals surface area contributed by atoms with Crippen molar-refractivity contribution in [2.75, 3.05) is 25.5 Å². The molecule has 1 aromatic carbocycles. The molecule has 1 unspecified atom stereocenters. The monoisotopic (exact) mass is 261 g/mol. The van der Waals surface area contributed by atoms with Crippen molar-refractivity contribution in [2.24, 2.45) is 0 Å². The average molecular weight is 261 g/mol. The molecule has 102 valence electrons. The molecule has 0 aliphatic carbocycles. The van der Waals surface area contributed by atoms with Crippen molar-refractivity contribution in [3.05, 3.63) is 29.8 Å². The van der Waals surface area contributed by atoms with Gasteiger partial charge in [0.1, 0.15) is 0 Å². The second-order valence-corrected chi connectivity index (χ2v) is 4.53. The third kappa shape index (κ3) is 5.08. The van der Waals surface area contributed by atoms with Crippen LogP contribution in [-0.4, -0.2) is 42.2 Å². The van der Waals surface area contributed by atoms with Crippen molar-refractivity contribution in [1.82, 2.24) is 4.90 Å². The minimum Gasteiger partial charge on any atom is -0.395 e. The van der Waals surface area contributed by atoms with Crippen LogP contribution >= 0.6 is 0 Å². The molecule has 0 saturated carbocycles. The lowest BCUT2D eigenvalue weighted by Crippen LogP contribution is -2.38. The van der Waals surface area contributed by atoms with E-state index in [0.717, 1.165) is 5.56 Å². The molecule has 5 nitrogen and oxygen atoms in total. The van der Waals surface area contributed by atoms with Crippen molar-refractivity contribution in [3.8, 4) is 6.07 Å². The summed E-state index contributed by atoms with van der Waals surface area (Å²) < 4.78 is 0. The van der Waals surface area contributed by atoms with Crippen molar-refractivity contribution in [2.45, 2.75) is 19.4 Å². The fourth-order valence-electron chi connectivity index (χ4n) is 1.52. The molecule has 5 heteroatoms. The Bertz CT molecular complexity index is 451. The molecular formula is C14H19N3O2. The van der Waals surface area contributed by atoms with Gasteiger partial charge in [-0.15, -0.1) is 0 Å². The van der Waals surface area contributed by atoms with Gasteiger partial charge >= 0.3 is 0 Å². The molecule has 0 aliphatic heterocycles. The molecule has 19 heavy (non-hydrogen) atoms. The Labute approximate surface area is 113 Å². The number of aliphatic hydroxyl groups excluding tert-OH is 1. The van der Waals surface area contributed by atoms with Crippen LogP contribution in [0.25, 0.3) is 0 Å². The number of nitrogens with zero attached hydrogens (tertiary/aromatic N) is 2. The molecule has 2 N–H and O–H groups in total. The number of nitrogens with one attached hydrogen (secondary N) is 1. The van der Waals surface area contributed by atoms with E-state index in [1.807, 2.05) is 19.1 Å². The van der Waals surface area contributed by atoms with Gasteiger partial charge in [0.2, 0.25) is 5.91 Å². The first-order valence-electron chi connectivity index (χ1n) is 6.13. The van der Waals surface area contributed by atoms with Crippen molar-refractivity contribution >= 4 is 11.6 Å². The van der Waals surface area contributed by atoms with Crippen LogP contribution in [0, 0.1) is 11.3 Å². The van der Waals surface area contributed by atoms with Crippen molar-refractivity contribution in [3.63, 3.8) is 0 Å². The van der Waals surface area contributed by atoms with Gasteiger partial charge in [0.25, 0.3) is 0 Å². The van der Waals surface area contributed by atoms with Crippen LogP contribution < -0.4 is 5.32 Å². The fourth-order valence-corrected chi connectivity index (χ4v) is 1.52. The predicted molar refractivity (Wildman–Crippen MR) is 73.6 cm³/mol. The van der Waals surface area contributed by atoms with E-state index in [9.17, 15) is 4.79 Å². The van der Waals surface area contributed by atoms with Crippen LogP contribution in [0.15, 0.2) is 24.3 Å². The molecular weight excluding hydrogens is 242 g/mol. The van der Waals surface area contributed by atoms with E-state index in [2.05, 4.69) is 11.4 Å². The van der Waals surface area contributed by atoms with Gasteiger partial charge < -0.3 is 10.4 Å². The van der Waals surface area contributed by atoms with Crippen LogP contribution in [0.3, 0.4) is 0 Å². The minimum atomic E-state index is -0.129. The van der Waals surface area contributed by atoms with E-state index in [1.165, 1.54) is 0 Å². The normalized spacial score (nSPS) is 11.9. The number of nitriles is 1. The number of anilines is 1. The predicted octanol–water partition coefficient (Wildman–Crippen LogP) is 1.00. The summed E-state index contributed by atoms with van der Waals surface area (Å²) >= 11 is 0. The van der Waals surface area contributed by atoms with E-state index in [-0.39, 0.29) is 25.1 Å². The SMILES string of the molecule is CC(CO)N(C)CC(=O)Nc1ccc(CC#N)cc1. The Morgan fingerprint density at radius 1 is 1.47 bits per heavy atom. The number of rotatable bonds is 6. The van der Waals surface area contributed by atoms with E-state index in [0.29, 0.717) is 12.1 Å². The summed E-state index contributed by atoms with van der Waals surface area (Å²) in [5, 5.41) is 20.3. The Morgan fingerprint density at radius 2 is 2.11 bits per heavy atom. The number of carbonyl (C=O) groups is 1. The number of likely N-dealkylation sites (N-methyl/N-ethyl adjacent to an activating group) is 1. The summed E-state index contributed by atoms with van der Waals surface area (Å²) in [7, 11) is 1.79. The van der Waals surface area contributed by atoms with Crippen LogP contribution in [0.2, 0.25) is 0 Å². The Kier molecular flexibility index (Phi) is 6.00. The van der Waals surface area contributed by atoms with Crippen molar-refractivity contribution in [1.29, 1.82) is 5.26 Å². The van der Waals surface area contributed by atoms with Gasteiger partial charge in [-0.3, -0.25) is 9.69 Å². The average Bonchev–Trinajstić information content (AvgIpc) is 2.40. The minimum absolute atomic E-state index is 0.0205. The van der Waals surface area contributed by atoms with Crippen LogP contribution in [0.4, 0.5) is 5.69 Å². The second-order valence-electron chi connectivity index (χ2n) is 4.53. The summed E-state index contributed by atoms with van der Waals surface area (Å²) in [5.74, 6) is -0.129. The third-order valence-electron chi connectivity index (χ3n) is 2.93. The lowest BCUT2D eigenvalue weighted by Gasteiger charge is -2.21. The quantitative estimate of drug-likeness (QED) is 0.801. The number of hydrogen-bond acceptors (Lipinski definition) is 4. The van der Waals surface area contributed by atoms with Gasteiger partial charge in [-0.1, -0.05) is 12.1 Å². The summed E-state index contributed by atoms with van der Waals surface area (Å²) in [6.45, 7) is 2.10. The molecule has 0 bridgehead atoms. The molecule has 0 aliphatic rings. The highest BCUT2D eigenvalue weighted by molar-refractivity contribution is 5.92. The summed E-state index contributed by atoms with van der Waals surface area (Å²) in [6, 6.07) is 9.21. The molecule has 0 radical (unpaired) electrons. The Hall–Kier alpha value is -1.90. The van der Waals surface area contributed by atoms with E-state index in [4.69, 9.17) is 10.4 Å². The first kappa shape index (κ1) is 15.2. The van der Waals surface area contributed by atoms with Gasteiger partial charge in [0, 0.05) is 11.7 Å². The molecule has 1 aromatic rings. The molecule has 1 amide bonds. The third-order valence-corrected chi connectivity index (χ3v) is 2.93. The highest BCUT2D eigenvalue weighted by Gasteiger charge is 2.12. The first-order valence-corrected chi connectivity index (χ1v) is 6.13. The number of aliphatic hydroxyl groups is 1. The lowest BCUT2D eigenvalue weighted by atomic mass is 10.1. The van der Waals surface area contributed by atoms with Gasteiger partial charge in [-0.05, 0) is 31.7 Å². The lowest BCUT2D eigenvalue weighted by molar-refractivity contribution is -0.117. The van der Waals surface area contributed by atoms with Gasteiger partial charge in [0.05, 0.1) is 25.6 Å². The highest BCUT2D eigenvalue weighted by atomic mass is 16.3.